The van der Waals surface area contributed by atoms with Gasteiger partial charge < -0.3 is 16.0 Å². The molecule has 0 fully saturated rings. The molecule has 4 rings (SSSR count). The van der Waals surface area contributed by atoms with Gasteiger partial charge in [-0.25, -0.2) is 4.98 Å². The van der Waals surface area contributed by atoms with Crippen molar-refractivity contribution in [3.05, 3.63) is 77.0 Å². The molecule has 1 unspecified atom stereocenters. The van der Waals surface area contributed by atoms with Crippen molar-refractivity contribution in [1.29, 1.82) is 0 Å². The van der Waals surface area contributed by atoms with Crippen LogP contribution in [0.2, 0.25) is 0 Å². The van der Waals surface area contributed by atoms with Crippen LogP contribution in [-0.4, -0.2) is 27.0 Å². The Morgan fingerprint density at radius 2 is 1.74 bits per heavy atom. The molecule has 3 N–H and O–H groups in total. The number of Topliss-reactive ketones (excluding diaryl/α,β-unsaturated/α-hetero) is 1. The number of thiocarbonyl (C=S) groups is 1. The van der Waals surface area contributed by atoms with Gasteiger partial charge in [-0.05, 0) is 80.0 Å². The van der Waals surface area contributed by atoms with Gasteiger partial charge in [0.05, 0.1) is 15.8 Å². The number of hydrogen-bond acceptors (Lipinski definition) is 7. The number of carbonyl (C=O) groups is 2. The molecule has 0 bridgehead atoms. The second-order valence-electron chi connectivity index (χ2n) is 7.51. The summed E-state index contributed by atoms with van der Waals surface area (Å²) in [6.07, 6.45) is 0. The van der Waals surface area contributed by atoms with E-state index in [-0.39, 0.29) is 16.9 Å². The topological polar surface area (TPSA) is 83.1 Å². The Bertz CT molecular complexity index is 1330. The highest BCUT2D eigenvalue weighted by Crippen LogP contribution is 2.30. The number of rotatable bonds is 8. The number of ketones is 1. The number of nitrogens with zero attached hydrogens (tertiary/aromatic N) is 1. The lowest BCUT2D eigenvalue weighted by atomic mass is 10.1. The second-order valence-corrected chi connectivity index (χ2v) is 11.1. The number of thioether (sulfide) groups is 1. The number of anilines is 3. The molecule has 0 spiro atoms. The minimum Gasteiger partial charge on any atom is -0.332 e. The summed E-state index contributed by atoms with van der Waals surface area (Å²) in [5, 5.41) is 13.8. The molecule has 2 heterocycles. The van der Waals surface area contributed by atoms with E-state index in [0.29, 0.717) is 15.8 Å². The molecule has 2 aromatic heterocycles. The van der Waals surface area contributed by atoms with E-state index < -0.39 is 0 Å². The van der Waals surface area contributed by atoms with E-state index >= 15 is 0 Å². The molecular formula is C25H22N4O2S4. The van der Waals surface area contributed by atoms with E-state index in [0.717, 1.165) is 26.8 Å². The summed E-state index contributed by atoms with van der Waals surface area (Å²) >= 11 is 9.91. The van der Waals surface area contributed by atoms with E-state index in [2.05, 4.69) is 20.9 Å². The monoisotopic (exact) mass is 538 g/mol. The highest BCUT2D eigenvalue weighted by Gasteiger charge is 2.17. The summed E-state index contributed by atoms with van der Waals surface area (Å²) in [7, 11) is 0. The lowest BCUT2D eigenvalue weighted by Gasteiger charge is -2.13. The Morgan fingerprint density at radius 3 is 2.46 bits per heavy atom. The molecule has 6 nitrogen and oxygen atoms in total. The molecule has 178 valence electrons. The van der Waals surface area contributed by atoms with Gasteiger partial charge in [0.2, 0.25) is 5.91 Å². The molecule has 2 aromatic carbocycles. The molecule has 35 heavy (non-hydrogen) atoms. The van der Waals surface area contributed by atoms with Crippen LogP contribution >= 0.6 is 46.7 Å². The average Bonchev–Trinajstić information content (AvgIpc) is 3.52. The van der Waals surface area contributed by atoms with Gasteiger partial charge in [0, 0.05) is 27.2 Å². The third-order valence-corrected chi connectivity index (χ3v) is 7.78. The quantitative estimate of drug-likeness (QED) is 0.127. The standard InChI is InChI=1S/C25H22N4O2S4/c1-15(30)17-8-10-18(11-9-17)26-24(32)27-19-5-3-6-20(13-19)35-16(2)23(31)29-25-28-21(14-34-25)22-7-4-12-33-22/h3-14,16H,1-2H3,(H2,26,27,32)(H,28,29,31). The van der Waals surface area contributed by atoms with Gasteiger partial charge in [-0.1, -0.05) is 12.1 Å². The first-order valence-corrected chi connectivity index (χ1v) is 13.7. The molecule has 0 radical (unpaired) electrons. The van der Waals surface area contributed by atoms with Crippen LogP contribution in [0.25, 0.3) is 10.6 Å². The van der Waals surface area contributed by atoms with Crippen LogP contribution in [0.3, 0.4) is 0 Å². The molecular weight excluding hydrogens is 517 g/mol. The van der Waals surface area contributed by atoms with Gasteiger partial charge in [-0.15, -0.1) is 34.4 Å². The largest absolute Gasteiger partial charge is 0.332 e. The summed E-state index contributed by atoms with van der Waals surface area (Å²) in [4.78, 5) is 30.7. The Hall–Kier alpha value is -3.05. The molecule has 10 heteroatoms. The fourth-order valence-corrected chi connectivity index (χ4v) is 5.70. The van der Waals surface area contributed by atoms with Gasteiger partial charge in [0.1, 0.15) is 0 Å². The van der Waals surface area contributed by atoms with Crippen molar-refractivity contribution in [1.82, 2.24) is 4.98 Å². The van der Waals surface area contributed by atoms with Gasteiger partial charge in [-0.3, -0.25) is 9.59 Å². The van der Waals surface area contributed by atoms with Crippen LogP contribution in [0.15, 0.2) is 76.3 Å². The first-order chi connectivity index (χ1) is 16.9. The van der Waals surface area contributed by atoms with Crippen molar-refractivity contribution in [2.24, 2.45) is 0 Å². The zero-order valence-electron chi connectivity index (χ0n) is 18.9. The van der Waals surface area contributed by atoms with Crippen molar-refractivity contribution >= 4 is 80.0 Å². The van der Waals surface area contributed by atoms with Gasteiger partial charge >= 0.3 is 0 Å². The summed E-state index contributed by atoms with van der Waals surface area (Å²) in [6, 6.07) is 18.8. The minimum absolute atomic E-state index is 0.0178. The maximum atomic E-state index is 12.7. The van der Waals surface area contributed by atoms with E-state index in [1.807, 2.05) is 66.2 Å². The molecule has 1 amide bonds. The number of hydrogen-bond donors (Lipinski definition) is 3. The zero-order chi connectivity index (χ0) is 24.8. The van der Waals surface area contributed by atoms with Crippen molar-refractivity contribution in [3.63, 3.8) is 0 Å². The van der Waals surface area contributed by atoms with E-state index in [1.54, 1.807) is 23.5 Å². The van der Waals surface area contributed by atoms with Gasteiger partial charge in [-0.2, -0.15) is 0 Å². The number of benzene rings is 2. The van der Waals surface area contributed by atoms with Gasteiger partial charge in [0.15, 0.2) is 16.0 Å². The number of thiophene rings is 1. The maximum Gasteiger partial charge on any atom is 0.239 e. The SMILES string of the molecule is CC(=O)c1ccc(NC(=S)Nc2cccc(SC(C)C(=O)Nc3nc(-c4cccs4)cs3)c2)cc1. The lowest BCUT2D eigenvalue weighted by molar-refractivity contribution is -0.115. The number of nitrogens with one attached hydrogen (secondary N) is 3. The van der Waals surface area contributed by atoms with Crippen LogP contribution in [0.1, 0.15) is 24.2 Å². The first kappa shape index (κ1) is 25.1. The Kier molecular flexibility index (Phi) is 8.29. The van der Waals surface area contributed by atoms with E-state index in [1.165, 1.54) is 30.0 Å². The van der Waals surface area contributed by atoms with Crippen LogP contribution in [-0.2, 0) is 4.79 Å². The summed E-state index contributed by atoms with van der Waals surface area (Å²) in [5.41, 5.74) is 3.11. The average molecular weight is 539 g/mol. The number of thiazole rings is 1. The zero-order valence-corrected chi connectivity index (χ0v) is 22.2. The number of amides is 1. The minimum atomic E-state index is -0.316. The molecule has 0 aliphatic carbocycles. The van der Waals surface area contributed by atoms with Crippen LogP contribution in [0, 0.1) is 0 Å². The normalized spacial score (nSPS) is 11.5. The number of aromatic nitrogens is 1. The molecule has 0 saturated heterocycles. The molecule has 4 aromatic rings. The Balaban J connectivity index is 1.31. The van der Waals surface area contributed by atoms with Crippen molar-refractivity contribution < 1.29 is 9.59 Å². The Morgan fingerprint density at radius 1 is 0.971 bits per heavy atom. The third kappa shape index (κ3) is 6.98. The predicted molar refractivity (Wildman–Crippen MR) is 152 cm³/mol. The predicted octanol–water partition coefficient (Wildman–Crippen LogP) is 7.00. The van der Waals surface area contributed by atoms with Gasteiger partial charge in [0.25, 0.3) is 0 Å². The molecule has 1 atom stereocenters. The van der Waals surface area contributed by atoms with Crippen LogP contribution in [0.5, 0.6) is 0 Å². The van der Waals surface area contributed by atoms with Crippen molar-refractivity contribution in [2.45, 2.75) is 24.0 Å². The molecule has 0 aliphatic heterocycles. The molecule has 0 saturated carbocycles. The lowest BCUT2D eigenvalue weighted by Crippen LogP contribution is -2.22. The third-order valence-electron chi connectivity index (χ3n) is 4.83. The fraction of sp³-hybridized carbons (Fsp3) is 0.120. The second kappa shape index (κ2) is 11.6. The number of carbonyl (C=O) groups excluding carboxylic acids is 2. The van der Waals surface area contributed by atoms with Crippen LogP contribution < -0.4 is 16.0 Å². The highest BCUT2D eigenvalue weighted by atomic mass is 32.2. The van der Waals surface area contributed by atoms with Crippen LogP contribution in [0.4, 0.5) is 16.5 Å². The fourth-order valence-electron chi connectivity index (χ4n) is 3.06. The molecule has 0 aliphatic rings. The van der Waals surface area contributed by atoms with Crippen molar-refractivity contribution in [3.8, 4) is 10.6 Å². The highest BCUT2D eigenvalue weighted by molar-refractivity contribution is 8.00. The van der Waals surface area contributed by atoms with E-state index in [9.17, 15) is 9.59 Å². The summed E-state index contributed by atoms with van der Waals surface area (Å²) in [5.74, 6) is -0.0871. The smallest absolute Gasteiger partial charge is 0.239 e. The van der Waals surface area contributed by atoms with Crippen molar-refractivity contribution in [2.75, 3.05) is 16.0 Å². The summed E-state index contributed by atoms with van der Waals surface area (Å²) in [6.45, 7) is 3.40. The Labute approximate surface area is 221 Å². The summed E-state index contributed by atoms with van der Waals surface area (Å²) < 4.78 is 0. The maximum absolute atomic E-state index is 12.7. The first-order valence-electron chi connectivity index (χ1n) is 10.6. The van der Waals surface area contributed by atoms with E-state index in [4.69, 9.17) is 12.2 Å².